The molecule has 18 heavy (non-hydrogen) atoms. The number of rotatable bonds is 3. The van der Waals surface area contributed by atoms with Crippen LogP contribution in [0.4, 0.5) is 5.95 Å². The van der Waals surface area contributed by atoms with Gasteiger partial charge in [0.15, 0.2) is 0 Å². The first-order valence-corrected chi connectivity index (χ1v) is 6.21. The van der Waals surface area contributed by atoms with E-state index in [1.807, 2.05) is 37.3 Å². The number of hydrogen-bond donors (Lipinski definition) is 1. The van der Waals surface area contributed by atoms with E-state index in [2.05, 4.69) is 31.2 Å². The van der Waals surface area contributed by atoms with Crippen molar-refractivity contribution in [2.24, 2.45) is 0 Å². The van der Waals surface area contributed by atoms with Gasteiger partial charge in [-0.3, -0.25) is 0 Å². The van der Waals surface area contributed by atoms with Crippen molar-refractivity contribution in [1.82, 2.24) is 9.97 Å². The van der Waals surface area contributed by atoms with Gasteiger partial charge in [0.1, 0.15) is 11.8 Å². The van der Waals surface area contributed by atoms with Crippen molar-refractivity contribution in [2.75, 3.05) is 5.32 Å². The van der Waals surface area contributed by atoms with Crippen molar-refractivity contribution in [2.45, 2.75) is 13.5 Å². The predicted octanol–water partition coefficient (Wildman–Crippen LogP) is 3.03. The zero-order chi connectivity index (χ0) is 13.0. The summed E-state index contributed by atoms with van der Waals surface area (Å²) >= 11 is 3.48. The second-order valence-electron chi connectivity index (χ2n) is 3.77. The first kappa shape index (κ1) is 12.5. The highest BCUT2D eigenvalue weighted by Crippen LogP contribution is 2.16. The molecular formula is C13H11BrN4. The number of anilines is 1. The molecule has 90 valence electrons. The maximum Gasteiger partial charge on any atom is 0.224 e. The lowest BCUT2D eigenvalue weighted by Gasteiger charge is -2.07. The number of aryl methyl sites for hydroxylation is 1. The SMILES string of the molecule is Cc1cc(C#N)nc(NCc2ccccc2Br)n1. The van der Waals surface area contributed by atoms with E-state index in [-0.39, 0.29) is 0 Å². The molecule has 1 heterocycles. The van der Waals surface area contributed by atoms with Crippen molar-refractivity contribution in [3.63, 3.8) is 0 Å². The zero-order valence-corrected chi connectivity index (χ0v) is 11.4. The van der Waals surface area contributed by atoms with Crippen molar-refractivity contribution in [1.29, 1.82) is 5.26 Å². The maximum atomic E-state index is 8.84. The Balaban J connectivity index is 2.14. The fourth-order valence-corrected chi connectivity index (χ4v) is 1.95. The number of nitriles is 1. The summed E-state index contributed by atoms with van der Waals surface area (Å²) in [7, 11) is 0. The summed E-state index contributed by atoms with van der Waals surface area (Å²) in [6.07, 6.45) is 0. The predicted molar refractivity (Wildman–Crippen MR) is 73.0 cm³/mol. The second-order valence-corrected chi connectivity index (χ2v) is 4.63. The highest BCUT2D eigenvalue weighted by atomic mass is 79.9. The molecule has 0 bridgehead atoms. The van der Waals surface area contributed by atoms with Crippen molar-refractivity contribution >= 4 is 21.9 Å². The fourth-order valence-electron chi connectivity index (χ4n) is 1.52. The van der Waals surface area contributed by atoms with Crippen LogP contribution in [0.2, 0.25) is 0 Å². The normalized spacial score (nSPS) is 9.83. The summed E-state index contributed by atoms with van der Waals surface area (Å²) in [4.78, 5) is 8.34. The Bertz CT molecular complexity index is 604. The van der Waals surface area contributed by atoms with Crippen LogP contribution in [-0.2, 0) is 6.54 Å². The van der Waals surface area contributed by atoms with Gasteiger partial charge in [0.25, 0.3) is 0 Å². The minimum Gasteiger partial charge on any atom is -0.350 e. The van der Waals surface area contributed by atoms with E-state index in [9.17, 15) is 0 Å². The largest absolute Gasteiger partial charge is 0.350 e. The van der Waals surface area contributed by atoms with Gasteiger partial charge in [-0.25, -0.2) is 9.97 Å². The molecule has 0 saturated carbocycles. The quantitative estimate of drug-likeness (QED) is 0.946. The average molecular weight is 303 g/mol. The Kier molecular flexibility index (Phi) is 3.90. The van der Waals surface area contributed by atoms with E-state index in [0.29, 0.717) is 18.2 Å². The number of nitrogens with zero attached hydrogens (tertiary/aromatic N) is 3. The lowest BCUT2D eigenvalue weighted by Crippen LogP contribution is -2.05. The van der Waals surface area contributed by atoms with Gasteiger partial charge < -0.3 is 5.32 Å². The number of benzene rings is 1. The molecule has 0 aliphatic heterocycles. The van der Waals surface area contributed by atoms with E-state index >= 15 is 0 Å². The molecule has 0 unspecified atom stereocenters. The molecule has 0 amide bonds. The molecule has 2 aromatic rings. The molecule has 0 aliphatic carbocycles. The van der Waals surface area contributed by atoms with Crippen LogP contribution >= 0.6 is 15.9 Å². The Labute approximate surface area is 114 Å². The van der Waals surface area contributed by atoms with Crippen molar-refractivity contribution < 1.29 is 0 Å². The molecule has 2 rings (SSSR count). The summed E-state index contributed by atoms with van der Waals surface area (Å²) in [5, 5.41) is 12.0. The van der Waals surface area contributed by atoms with Gasteiger partial charge >= 0.3 is 0 Å². The molecule has 0 atom stereocenters. The van der Waals surface area contributed by atoms with Crippen molar-refractivity contribution in [3.05, 3.63) is 51.8 Å². The standard InChI is InChI=1S/C13H11BrN4/c1-9-6-11(7-15)18-13(17-9)16-8-10-4-2-3-5-12(10)14/h2-6H,8H2,1H3,(H,16,17,18). The summed E-state index contributed by atoms with van der Waals surface area (Å²) < 4.78 is 1.03. The van der Waals surface area contributed by atoms with Crippen LogP contribution in [0.1, 0.15) is 17.0 Å². The van der Waals surface area contributed by atoms with Gasteiger partial charge in [-0.1, -0.05) is 34.1 Å². The zero-order valence-electron chi connectivity index (χ0n) is 9.81. The third kappa shape index (κ3) is 3.05. The molecule has 1 N–H and O–H groups in total. The highest BCUT2D eigenvalue weighted by molar-refractivity contribution is 9.10. The van der Waals surface area contributed by atoms with Gasteiger partial charge in [-0.05, 0) is 24.6 Å². The number of aromatic nitrogens is 2. The third-order valence-corrected chi connectivity index (χ3v) is 3.14. The molecule has 1 aromatic carbocycles. The van der Waals surface area contributed by atoms with Gasteiger partial charge in [-0.15, -0.1) is 0 Å². The Hall–Kier alpha value is -1.93. The van der Waals surface area contributed by atoms with Crippen LogP contribution in [-0.4, -0.2) is 9.97 Å². The van der Waals surface area contributed by atoms with E-state index in [1.54, 1.807) is 6.07 Å². The van der Waals surface area contributed by atoms with E-state index in [0.717, 1.165) is 15.7 Å². The van der Waals surface area contributed by atoms with Crippen LogP contribution in [0.3, 0.4) is 0 Å². The van der Waals surface area contributed by atoms with Gasteiger partial charge in [-0.2, -0.15) is 5.26 Å². The molecule has 0 spiro atoms. The fraction of sp³-hybridized carbons (Fsp3) is 0.154. The van der Waals surface area contributed by atoms with E-state index in [1.165, 1.54) is 0 Å². The number of halogens is 1. The summed E-state index contributed by atoms with van der Waals surface area (Å²) in [5.41, 5.74) is 2.26. The first-order chi connectivity index (χ1) is 8.69. The topological polar surface area (TPSA) is 61.6 Å². The minimum atomic E-state index is 0.372. The molecular weight excluding hydrogens is 292 g/mol. The van der Waals surface area contributed by atoms with Crippen LogP contribution in [0.25, 0.3) is 0 Å². The number of nitrogens with one attached hydrogen (secondary N) is 1. The molecule has 1 aromatic heterocycles. The summed E-state index contributed by atoms with van der Waals surface area (Å²) in [5.74, 6) is 0.474. The lowest BCUT2D eigenvalue weighted by atomic mass is 10.2. The van der Waals surface area contributed by atoms with E-state index in [4.69, 9.17) is 5.26 Å². The van der Waals surface area contributed by atoms with Crippen LogP contribution in [0.5, 0.6) is 0 Å². The van der Waals surface area contributed by atoms with Gasteiger partial charge in [0.05, 0.1) is 0 Å². The van der Waals surface area contributed by atoms with Crippen LogP contribution < -0.4 is 5.32 Å². The molecule has 0 saturated heterocycles. The smallest absolute Gasteiger partial charge is 0.224 e. The first-order valence-electron chi connectivity index (χ1n) is 5.42. The summed E-state index contributed by atoms with van der Waals surface area (Å²) in [6, 6.07) is 11.6. The Morgan fingerprint density at radius 1 is 1.33 bits per heavy atom. The maximum absolute atomic E-state index is 8.84. The van der Waals surface area contributed by atoms with E-state index < -0.39 is 0 Å². The average Bonchev–Trinajstić information content (AvgIpc) is 2.37. The molecule has 4 nitrogen and oxygen atoms in total. The molecule has 0 radical (unpaired) electrons. The lowest BCUT2D eigenvalue weighted by molar-refractivity contribution is 1.02. The third-order valence-electron chi connectivity index (χ3n) is 2.36. The van der Waals surface area contributed by atoms with Crippen LogP contribution in [0, 0.1) is 18.3 Å². The second kappa shape index (κ2) is 5.61. The minimum absolute atomic E-state index is 0.372. The molecule has 0 fully saturated rings. The highest BCUT2D eigenvalue weighted by Gasteiger charge is 2.03. The molecule has 5 heteroatoms. The van der Waals surface area contributed by atoms with Crippen LogP contribution in [0.15, 0.2) is 34.8 Å². The summed E-state index contributed by atoms with van der Waals surface area (Å²) in [6.45, 7) is 2.45. The number of hydrogen-bond acceptors (Lipinski definition) is 4. The Morgan fingerprint density at radius 2 is 2.11 bits per heavy atom. The van der Waals surface area contributed by atoms with Gasteiger partial charge in [0.2, 0.25) is 5.95 Å². The van der Waals surface area contributed by atoms with Crippen molar-refractivity contribution in [3.8, 4) is 6.07 Å². The Morgan fingerprint density at radius 3 is 2.83 bits per heavy atom. The van der Waals surface area contributed by atoms with Gasteiger partial charge in [0, 0.05) is 16.7 Å². The monoisotopic (exact) mass is 302 g/mol. The molecule has 0 aliphatic rings.